The zero-order chi connectivity index (χ0) is 28.5. The van der Waals surface area contributed by atoms with Gasteiger partial charge in [0.15, 0.2) is 17.0 Å². The molecule has 4 aromatic rings. The highest BCUT2D eigenvalue weighted by Crippen LogP contribution is 2.33. The Balaban J connectivity index is 1.38. The number of nitrogens with zero attached hydrogens (tertiary/aromatic N) is 6. The zero-order valence-corrected chi connectivity index (χ0v) is 22.5. The van der Waals surface area contributed by atoms with E-state index in [1.54, 1.807) is 48.7 Å². The summed E-state index contributed by atoms with van der Waals surface area (Å²) in [4.78, 5) is 43.2. The van der Waals surface area contributed by atoms with E-state index < -0.39 is 11.6 Å². The van der Waals surface area contributed by atoms with Gasteiger partial charge < -0.3 is 19.5 Å². The first kappa shape index (κ1) is 26.8. The zero-order valence-electron chi connectivity index (χ0n) is 22.5. The van der Waals surface area contributed by atoms with E-state index in [0.29, 0.717) is 30.9 Å². The SMILES string of the molecule is CNC(=O)c1cc(CN(Cc2cn3c4c(c(F)c(F)cc4c2=O)OCC3)C2CCCN(c3cnccn3)C2)ccn1. The molecule has 5 heterocycles. The quantitative estimate of drug-likeness (QED) is 0.367. The number of carbonyl (C=O) groups is 1. The Bertz CT molecular complexity index is 1660. The number of benzene rings is 1. The van der Waals surface area contributed by atoms with Crippen LogP contribution in [0.25, 0.3) is 10.9 Å². The van der Waals surface area contributed by atoms with Gasteiger partial charge in [-0.05, 0) is 36.6 Å². The molecule has 1 saturated heterocycles. The maximum absolute atomic E-state index is 14.5. The topological polar surface area (TPSA) is 105 Å². The Morgan fingerprint density at radius 2 is 2.05 bits per heavy atom. The lowest BCUT2D eigenvalue weighted by Gasteiger charge is -2.40. The van der Waals surface area contributed by atoms with Gasteiger partial charge in [-0.2, -0.15) is 4.39 Å². The summed E-state index contributed by atoms with van der Waals surface area (Å²) < 4.78 is 36.1. The van der Waals surface area contributed by atoms with E-state index in [0.717, 1.165) is 36.8 Å². The molecule has 1 amide bonds. The Labute approximate surface area is 234 Å². The number of ether oxygens (including phenoxy) is 1. The lowest BCUT2D eigenvalue weighted by molar-refractivity contribution is 0.0957. The van der Waals surface area contributed by atoms with E-state index in [1.807, 2.05) is 6.07 Å². The van der Waals surface area contributed by atoms with Crippen molar-refractivity contribution in [2.24, 2.45) is 0 Å². The number of halogens is 2. The molecule has 1 atom stereocenters. The van der Waals surface area contributed by atoms with Crippen LogP contribution in [0.5, 0.6) is 5.75 Å². The smallest absolute Gasteiger partial charge is 0.269 e. The minimum atomic E-state index is -1.11. The maximum atomic E-state index is 14.5. The van der Waals surface area contributed by atoms with Gasteiger partial charge in [-0.25, -0.2) is 9.37 Å². The molecule has 1 aromatic carbocycles. The van der Waals surface area contributed by atoms with Crippen molar-refractivity contribution in [3.05, 3.63) is 87.9 Å². The summed E-state index contributed by atoms with van der Waals surface area (Å²) in [6.07, 6.45) is 10.1. The van der Waals surface area contributed by atoms with Gasteiger partial charge in [0.05, 0.1) is 23.6 Å². The molecule has 1 fully saturated rings. The predicted octanol–water partition coefficient (Wildman–Crippen LogP) is 2.89. The van der Waals surface area contributed by atoms with Crippen LogP contribution < -0.4 is 20.4 Å². The van der Waals surface area contributed by atoms with Gasteiger partial charge >= 0.3 is 0 Å². The van der Waals surface area contributed by atoms with Gasteiger partial charge in [-0.1, -0.05) is 0 Å². The number of aromatic nitrogens is 4. The Morgan fingerprint density at radius 1 is 1.17 bits per heavy atom. The highest BCUT2D eigenvalue weighted by Gasteiger charge is 2.29. The molecule has 212 valence electrons. The van der Waals surface area contributed by atoms with Gasteiger partial charge in [-0.15, -0.1) is 0 Å². The number of hydrogen-bond acceptors (Lipinski definition) is 8. The molecule has 0 spiro atoms. The lowest BCUT2D eigenvalue weighted by atomic mass is 10.0. The first-order valence-corrected chi connectivity index (χ1v) is 13.5. The molecule has 1 N–H and O–H groups in total. The van der Waals surface area contributed by atoms with Gasteiger partial charge in [0.2, 0.25) is 5.82 Å². The number of hydrogen-bond donors (Lipinski definition) is 1. The van der Waals surface area contributed by atoms with Crippen molar-refractivity contribution in [3.63, 3.8) is 0 Å². The summed E-state index contributed by atoms with van der Waals surface area (Å²) in [5.41, 5.74) is 1.53. The molecule has 0 radical (unpaired) electrons. The number of anilines is 1. The molecule has 1 unspecified atom stereocenters. The molecule has 2 aliphatic rings. The molecule has 0 aliphatic carbocycles. The first-order chi connectivity index (χ1) is 19.9. The summed E-state index contributed by atoms with van der Waals surface area (Å²) in [6.45, 7) is 2.77. The molecule has 12 heteroatoms. The van der Waals surface area contributed by atoms with Crippen LogP contribution in [0.4, 0.5) is 14.6 Å². The lowest BCUT2D eigenvalue weighted by Crippen LogP contribution is -2.48. The van der Waals surface area contributed by atoms with Crippen LogP contribution in [-0.2, 0) is 19.6 Å². The third kappa shape index (κ3) is 5.22. The average Bonchev–Trinajstić information content (AvgIpc) is 3.01. The summed E-state index contributed by atoms with van der Waals surface area (Å²) in [7, 11) is 1.55. The fourth-order valence-corrected chi connectivity index (χ4v) is 5.71. The molecule has 41 heavy (non-hydrogen) atoms. The molecule has 0 bridgehead atoms. The summed E-state index contributed by atoms with van der Waals surface area (Å²) in [5.74, 6) is -1.93. The van der Waals surface area contributed by atoms with Crippen molar-refractivity contribution < 1.29 is 18.3 Å². The van der Waals surface area contributed by atoms with Crippen molar-refractivity contribution in [1.29, 1.82) is 0 Å². The summed E-state index contributed by atoms with van der Waals surface area (Å²) >= 11 is 0. The van der Waals surface area contributed by atoms with E-state index >= 15 is 0 Å². The van der Waals surface area contributed by atoms with E-state index in [2.05, 4.69) is 30.1 Å². The van der Waals surface area contributed by atoms with E-state index in [4.69, 9.17) is 4.74 Å². The van der Waals surface area contributed by atoms with Crippen molar-refractivity contribution >= 4 is 22.6 Å². The van der Waals surface area contributed by atoms with Crippen molar-refractivity contribution in [2.45, 2.75) is 38.5 Å². The van der Waals surface area contributed by atoms with Crippen LogP contribution in [-0.4, -0.2) is 63.1 Å². The Hall–Kier alpha value is -4.45. The Kier molecular flexibility index (Phi) is 7.31. The standard InChI is InChI=1S/C29H29F2N7O3/c1-32-29(40)23-11-18(4-5-34-23)14-38(20-3-2-8-36(17-20)24-13-33-6-7-35-24)16-19-15-37-9-10-41-28-25(31)22(30)12-21(26(28)37)27(19)39/h4-7,11-13,15,20H,2-3,8-10,14,16-17H2,1H3,(H,32,40). The van der Waals surface area contributed by atoms with Crippen LogP contribution in [0.15, 0.2) is 54.0 Å². The Morgan fingerprint density at radius 3 is 2.85 bits per heavy atom. The molecule has 10 nitrogen and oxygen atoms in total. The average molecular weight is 562 g/mol. The molecule has 3 aromatic heterocycles. The summed E-state index contributed by atoms with van der Waals surface area (Å²) in [5, 5.41) is 2.69. The third-order valence-electron chi connectivity index (χ3n) is 7.69. The monoisotopic (exact) mass is 561 g/mol. The van der Waals surface area contributed by atoms with Crippen LogP contribution >= 0.6 is 0 Å². The molecule has 2 aliphatic heterocycles. The van der Waals surface area contributed by atoms with E-state index in [9.17, 15) is 18.4 Å². The minimum absolute atomic E-state index is 0.0303. The number of carbonyl (C=O) groups excluding carboxylic acids is 1. The molecular weight excluding hydrogens is 532 g/mol. The minimum Gasteiger partial charge on any atom is -0.486 e. The van der Waals surface area contributed by atoms with Crippen LogP contribution in [0.1, 0.15) is 34.5 Å². The second kappa shape index (κ2) is 11.2. The van der Waals surface area contributed by atoms with Crippen molar-refractivity contribution in [3.8, 4) is 5.75 Å². The normalized spacial score (nSPS) is 16.6. The van der Waals surface area contributed by atoms with Crippen LogP contribution in [0.2, 0.25) is 0 Å². The number of pyridine rings is 2. The third-order valence-corrected chi connectivity index (χ3v) is 7.69. The second-order valence-electron chi connectivity index (χ2n) is 10.3. The van der Waals surface area contributed by atoms with Crippen molar-refractivity contribution in [2.75, 3.05) is 31.6 Å². The largest absolute Gasteiger partial charge is 0.486 e. The predicted molar refractivity (Wildman–Crippen MR) is 148 cm³/mol. The maximum Gasteiger partial charge on any atom is 0.269 e. The van der Waals surface area contributed by atoms with Gasteiger partial charge in [0.25, 0.3) is 5.91 Å². The second-order valence-corrected chi connectivity index (χ2v) is 10.3. The molecular formula is C29H29F2N7O3. The molecule has 6 rings (SSSR count). The van der Waals surface area contributed by atoms with Gasteiger partial charge in [0, 0.05) is 69.6 Å². The van der Waals surface area contributed by atoms with Crippen LogP contribution in [0, 0.1) is 11.6 Å². The number of amides is 1. The van der Waals surface area contributed by atoms with E-state index in [-0.39, 0.29) is 47.2 Å². The van der Waals surface area contributed by atoms with Gasteiger partial charge in [-0.3, -0.25) is 24.5 Å². The number of nitrogens with one attached hydrogen (secondary N) is 1. The van der Waals surface area contributed by atoms with Crippen molar-refractivity contribution in [1.82, 2.24) is 29.7 Å². The fourth-order valence-electron chi connectivity index (χ4n) is 5.71. The van der Waals surface area contributed by atoms with E-state index in [1.165, 1.54) is 0 Å². The number of rotatable bonds is 7. The first-order valence-electron chi connectivity index (χ1n) is 13.5. The summed E-state index contributed by atoms with van der Waals surface area (Å²) in [6, 6.07) is 4.59. The van der Waals surface area contributed by atoms with Gasteiger partial charge in [0.1, 0.15) is 18.1 Å². The fraction of sp³-hybridized carbons (Fsp3) is 0.345. The highest BCUT2D eigenvalue weighted by atomic mass is 19.2. The number of piperidine rings is 1. The molecule has 0 saturated carbocycles. The highest BCUT2D eigenvalue weighted by molar-refractivity contribution is 5.92. The van der Waals surface area contributed by atoms with Crippen LogP contribution in [0.3, 0.4) is 0 Å².